The first-order valence-corrected chi connectivity index (χ1v) is 15.0. The summed E-state index contributed by atoms with van der Waals surface area (Å²) in [5.74, 6) is -0.238. The minimum atomic E-state index is -3.47. The monoisotopic (exact) mass is 590 g/mol. The maximum atomic E-state index is 15.3. The van der Waals surface area contributed by atoms with Gasteiger partial charge in [-0.25, -0.2) is 13.4 Å². The van der Waals surface area contributed by atoms with Crippen molar-refractivity contribution in [1.29, 1.82) is 0 Å². The fourth-order valence-electron chi connectivity index (χ4n) is 6.18. The Labute approximate surface area is 236 Å². The van der Waals surface area contributed by atoms with E-state index < -0.39 is 21.8 Å². The molecule has 3 atom stereocenters. The van der Waals surface area contributed by atoms with E-state index in [-0.39, 0.29) is 33.7 Å². The number of halogens is 2. The van der Waals surface area contributed by atoms with E-state index in [4.69, 9.17) is 11.6 Å². The van der Waals surface area contributed by atoms with Gasteiger partial charge in [-0.05, 0) is 64.7 Å². The number of sulfone groups is 1. The van der Waals surface area contributed by atoms with Crippen LogP contribution in [-0.2, 0) is 9.84 Å². The number of benzene rings is 2. The predicted octanol–water partition coefficient (Wildman–Crippen LogP) is 3.58. The minimum Gasteiger partial charge on any atom is -0.383 e. The largest absolute Gasteiger partial charge is 0.383 e. The van der Waals surface area contributed by atoms with Crippen LogP contribution >= 0.6 is 11.6 Å². The third kappa shape index (κ3) is 3.75. The fourth-order valence-corrected chi connectivity index (χ4v) is 7.73. The SMILES string of the molecule is O=c1cc(-c2cc(Cl)ccc2-n2cnnn2)cc2n1C(c1nc(F)c(-c3ccc4c(c3)S(=O)(=O)CCN4)[nH]1)C1CC21. The van der Waals surface area contributed by atoms with Crippen molar-refractivity contribution in [3.8, 4) is 28.1 Å². The van der Waals surface area contributed by atoms with Crippen LogP contribution in [0.2, 0.25) is 5.02 Å². The minimum absolute atomic E-state index is 0.0284. The molecule has 11 nitrogen and oxygen atoms in total. The molecule has 1 saturated carbocycles. The van der Waals surface area contributed by atoms with E-state index in [2.05, 4.69) is 30.8 Å². The summed E-state index contributed by atoms with van der Waals surface area (Å²) in [5, 5.41) is 15.0. The average Bonchev–Trinajstić information content (AvgIpc) is 3.24. The molecule has 0 bridgehead atoms. The first kappa shape index (κ1) is 24.4. The summed E-state index contributed by atoms with van der Waals surface area (Å²) in [4.78, 5) is 21.0. The molecule has 8 rings (SSSR count). The van der Waals surface area contributed by atoms with E-state index in [1.54, 1.807) is 34.9 Å². The number of pyridine rings is 1. The van der Waals surface area contributed by atoms with Crippen LogP contribution in [0, 0.1) is 11.9 Å². The summed E-state index contributed by atoms with van der Waals surface area (Å²) in [5.41, 5.74) is 3.60. The van der Waals surface area contributed by atoms with Gasteiger partial charge in [0.25, 0.3) is 5.56 Å². The van der Waals surface area contributed by atoms with Gasteiger partial charge in [-0.1, -0.05) is 17.7 Å². The Morgan fingerprint density at radius 2 is 1.95 bits per heavy atom. The first-order valence-electron chi connectivity index (χ1n) is 12.9. The molecular weight excluding hydrogens is 571 g/mol. The third-order valence-electron chi connectivity index (χ3n) is 8.12. The van der Waals surface area contributed by atoms with Crippen molar-refractivity contribution in [3.63, 3.8) is 0 Å². The average molecular weight is 591 g/mol. The maximum Gasteiger partial charge on any atom is 0.252 e. The van der Waals surface area contributed by atoms with Gasteiger partial charge in [-0.15, -0.1) is 5.10 Å². The molecule has 1 fully saturated rings. The van der Waals surface area contributed by atoms with Gasteiger partial charge in [0, 0.05) is 40.4 Å². The van der Waals surface area contributed by atoms with E-state index >= 15 is 4.39 Å². The Bertz CT molecular complexity index is 2060. The molecule has 1 aliphatic carbocycles. The van der Waals surface area contributed by atoms with Gasteiger partial charge in [0.1, 0.15) is 17.8 Å². The highest BCUT2D eigenvalue weighted by atomic mass is 35.5. The number of hydrogen-bond donors (Lipinski definition) is 2. The maximum absolute atomic E-state index is 15.3. The molecule has 0 spiro atoms. The van der Waals surface area contributed by atoms with Gasteiger partial charge in [0.2, 0.25) is 5.95 Å². The second-order valence-corrected chi connectivity index (χ2v) is 13.0. The van der Waals surface area contributed by atoms with Crippen LogP contribution in [0.4, 0.5) is 10.1 Å². The smallest absolute Gasteiger partial charge is 0.252 e. The molecule has 3 aliphatic rings. The summed E-state index contributed by atoms with van der Waals surface area (Å²) in [6.45, 7) is 0.327. The molecule has 14 heteroatoms. The molecule has 2 aromatic carbocycles. The zero-order valence-electron chi connectivity index (χ0n) is 21.1. The van der Waals surface area contributed by atoms with Crippen molar-refractivity contribution in [2.75, 3.05) is 17.6 Å². The highest BCUT2D eigenvalue weighted by Gasteiger charge is 2.54. The quantitative estimate of drug-likeness (QED) is 0.324. The van der Waals surface area contributed by atoms with Gasteiger partial charge in [0.05, 0.1) is 28.1 Å². The molecule has 0 amide bonds. The molecule has 41 heavy (non-hydrogen) atoms. The topological polar surface area (TPSA) is 140 Å². The van der Waals surface area contributed by atoms with E-state index in [1.165, 1.54) is 23.1 Å². The van der Waals surface area contributed by atoms with Gasteiger partial charge in [-0.3, -0.25) is 4.79 Å². The third-order valence-corrected chi connectivity index (χ3v) is 10.1. The number of fused-ring (bicyclic) bond motifs is 4. The summed E-state index contributed by atoms with van der Waals surface area (Å²) in [6, 6.07) is 13.1. The molecule has 3 aromatic heterocycles. The normalized spacial score (nSPS) is 21.6. The van der Waals surface area contributed by atoms with Crippen LogP contribution in [0.1, 0.15) is 29.9 Å². The second kappa shape index (κ2) is 8.57. The van der Waals surface area contributed by atoms with Crippen LogP contribution in [0.3, 0.4) is 0 Å². The molecular formula is C27H20ClFN8O3S. The first-order chi connectivity index (χ1) is 19.8. The molecule has 2 N–H and O–H groups in total. The van der Waals surface area contributed by atoms with Crippen molar-refractivity contribution in [2.45, 2.75) is 23.3 Å². The summed E-state index contributed by atoms with van der Waals surface area (Å²) < 4.78 is 43.6. The standard InChI is InChI=1S/C27H20ClFN8O3S/c28-15-2-4-20(36-12-31-34-35-36)16(10-15)14-7-21-17-11-18(17)25(37(21)23(38)9-14)27-32-24(26(29)33-27)13-1-3-19-22(8-13)41(39,40)6-5-30-19/h1-4,7-10,12,17-18,25,30H,5-6,11H2,(H,32,33). The van der Waals surface area contributed by atoms with Gasteiger partial charge in [-0.2, -0.15) is 9.07 Å². The highest BCUT2D eigenvalue weighted by molar-refractivity contribution is 7.91. The van der Waals surface area contributed by atoms with Crippen LogP contribution < -0.4 is 10.9 Å². The zero-order valence-corrected chi connectivity index (χ0v) is 22.7. The van der Waals surface area contributed by atoms with E-state index in [0.29, 0.717) is 45.5 Å². The lowest BCUT2D eigenvalue weighted by atomic mass is 10.0. The van der Waals surface area contributed by atoms with E-state index in [0.717, 1.165) is 12.1 Å². The highest BCUT2D eigenvalue weighted by Crippen LogP contribution is 2.60. The molecule has 0 saturated heterocycles. The van der Waals surface area contributed by atoms with Crippen LogP contribution in [0.5, 0.6) is 0 Å². The predicted molar refractivity (Wildman–Crippen MR) is 147 cm³/mol. The lowest BCUT2D eigenvalue weighted by molar-refractivity contribution is 0.504. The Kier molecular flexibility index (Phi) is 5.11. The second-order valence-electron chi connectivity index (χ2n) is 10.5. The fraction of sp³-hybridized carbons (Fsp3) is 0.222. The molecule has 206 valence electrons. The number of nitrogens with one attached hydrogen (secondary N) is 2. The number of aromatic amines is 1. The number of hydrogen-bond acceptors (Lipinski definition) is 8. The molecule has 3 unspecified atom stereocenters. The molecule has 2 aliphatic heterocycles. The molecule has 5 heterocycles. The Hall–Kier alpha value is -4.36. The van der Waals surface area contributed by atoms with Crippen LogP contribution in [-0.4, -0.2) is 55.5 Å². The lowest BCUT2D eigenvalue weighted by Gasteiger charge is -2.19. The Morgan fingerprint density at radius 1 is 1.07 bits per heavy atom. The van der Waals surface area contributed by atoms with E-state index in [9.17, 15) is 13.2 Å². The van der Waals surface area contributed by atoms with Gasteiger partial charge < -0.3 is 14.9 Å². The van der Waals surface area contributed by atoms with Crippen molar-refractivity contribution in [2.24, 2.45) is 5.92 Å². The van der Waals surface area contributed by atoms with Crippen LogP contribution in [0.15, 0.2) is 64.5 Å². The number of H-pyrrole nitrogens is 1. The summed E-state index contributed by atoms with van der Waals surface area (Å²) >= 11 is 6.32. The molecule has 0 radical (unpaired) electrons. The number of rotatable bonds is 4. The Morgan fingerprint density at radius 3 is 2.78 bits per heavy atom. The number of nitrogens with zero attached hydrogens (tertiary/aromatic N) is 6. The van der Waals surface area contributed by atoms with Crippen LogP contribution in [0.25, 0.3) is 28.1 Å². The number of tetrazole rings is 1. The van der Waals surface area contributed by atoms with Crippen molar-refractivity contribution >= 4 is 27.1 Å². The molecule has 5 aromatic rings. The Balaban J connectivity index is 1.20. The lowest BCUT2D eigenvalue weighted by Crippen LogP contribution is -2.26. The van der Waals surface area contributed by atoms with E-state index in [1.807, 2.05) is 6.07 Å². The zero-order chi connectivity index (χ0) is 28.0. The van der Waals surface area contributed by atoms with Gasteiger partial charge >= 0.3 is 0 Å². The van der Waals surface area contributed by atoms with Crippen molar-refractivity contribution < 1.29 is 12.8 Å². The number of aromatic nitrogens is 7. The number of imidazole rings is 1. The summed E-state index contributed by atoms with van der Waals surface area (Å²) in [7, 11) is -3.47. The van der Waals surface area contributed by atoms with Crippen molar-refractivity contribution in [1.82, 2.24) is 34.7 Å². The number of anilines is 1. The van der Waals surface area contributed by atoms with Crippen molar-refractivity contribution in [3.05, 3.63) is 87.7 Å². The summed E-state index contributed by atoms with van der Waals surface area (Å²) in [6.07, 6.45) is 2.31. The van der Waals surface area contributed by atoms with Gasteiger partial charge in [0.15, 0.2) is 9.84 Å².